The molecule has 1 heterocycles. The Morgan fingerprint density at radius 1 is 1.18 bits per heavy atom. The van der Waals surface area contributed by atoms with Crippen molar-refractivity contribution in [1.82, 2.24) is 10.6 Å². The molecule has 0 fully saturated rings. The highest BCUT2D eigenvalue weighted by Crippen LogP contribution is 2.31. The summed E-state index contributed by atoms with van der Waals surface area (Å²) < 4.78 is 5.22. The third kappa shape index (κ3) is 4.91. The van der Waals surface area contributed by atoms with E-state index in [2.05, 4.69) is 10.6 Å². The van der Waals surface area contributed by atoms with Crippen molar-refractivity contribution < 1.29 is 14.3 Å². The van der Waals surface area contributed by atoms with Crippen LogP contribution >= 0.6 is 34.5 Å². The molecule has 1 aromatic heterocycles. The summed E-state index contributed by atoms with van der Waals surface area (Å²) in [4.78, 5) is 24.1. The maximum Gasteiger partial charge on any atom is 0.321 e. The molecule has 0 radical (unpaired) electrons. The molecule has 2 N–H and O–H groups in total. The van der Waals surface area contributed by atoms with Gasteiger partial charge >= 0.3 is 6.03 Å². The molecule has 0 aliphatic carbocycles. The Balaban J connectivity index is 1.75. The topological polar surface area (TPSA) is 67.4 Å². The molecule has 0 aliphatic rings. The fourth-order valence-electron chi connectivity index (χ4n) is 1.53. The highest BCUT2D eigenvalue weighted by atomic mass is 35.5. The van der Waals surface area contributed by atoms with Gasteiger partial charge in [-0.2, -0.15) is 0 Å². The van der Waals surface area contributed by atoms with Gasteiger partial charge in [-0.1, -0.05) is 35.3 Å². The zero-order chi connectivity index (χ0) is 15.9. The maximum absolute atomic E-state index is 11.6. The van der Waals surface area contributed by atoms with Crippen LogP contribution in [0.5, 0.6) is 5.75 Å². The van der Waals surface area contributed by atoms with E-state index in [1.165, 1.54) is 11.3 Å². The molecule has 0 aliphatic heterocycles. The fourth-order valence-corrected chi connectivity index (χ4v) is 2.52. The first-order chi connectivity index (χ1) is 10.6. The van der Waals surface area contributed by atoms with Crippen LogP contribution in [0, 0.1) is 0 Å². The first-order valence-electron chi connectivity index (χ1n) is 6.23. The Morgan fingerprint density at radius 3 is 2.73 bits per heavy atom. The number of thiophene rings is 1. The summed E-state index contributed by atoms with van der Waals surface area (Å²) in [6.07, 6.45) is 0. The van der Waals surface area contributed by atoms with E-state index in [1.807, 2.05) is 17.5 Å². The SMILES string of the molecule is O=C(COc1cccc(Cl)c1Cl)NC(=O)NCc1cccs1. The lowest BCUT2D eigenvalue weighted by Gasteiger charge is -2.09. The first-order valence-corrected chi connectivity index (χ1v) is 7.86. The average molecular weight is 359 g/mol. The highest BCUT2D eigenvalue weighted by molar-refractivity contribution is 7.09. The lowest BCUT2D eigenvalue weighted by molar-refractivity contribution is -0.122. The van der Waals surface area contributed by atoms with E-state index in [0.29, 0.717) is 11.6 Å². The number of carbonyl (C=O) groups excluding carboxylic acids is 2. The van der Waals surface area contributed by atoms with Gasteiger partial charge in [0.15, 0.2) is 6.61 Å². The Hall–Kier alpha value is -1.76. The number of hydrogen-bond acceptors (Lipinski definition) is 4. The van der Waals surface area contributed by atoms with Gasteiger partial charge in [0.05, 0.1) is 11.6 Å². The standard InChI is InChI=1S/C14H12Cl2N2O3S/c15-10-4-1-5-11(13(10)16)21-8-12(19)18-14(20)17-7-9-3-2-6-22-9/h1-6H,7-8H2,(H2,17,18,19,20). The molecule has 116 valence electrons. The molecule has 5 nitrogen and oxygen atoms in total. The first kappa shape index (κ1) is 16.6. The van der Waals surface area contributed by atoms with Gasteiger partial charge in [-0.05, 0) is 23.6 Å². The molecule has 0 unspecified atom stereocenters. The number of imide groups is 1. The summed E-state index contributed by atoms with van der Waals surface area (Å²) in [5.41, 5.74) is 0. The van der Waals surface area contributed by atoms with Crippen LogP contribution in [0.1, 0.15) is 4.88 Å². The van der Waals surface area contributed by atoms with E-state index in [0.717, 1.165) is 4.88 Å². The molecular formula is C14H12Cl2N2O3S. The Morgan fingerprint density at radius 2 is 2.00 bits per heavy atom. The number of halogens is 2. The molecule has 0 saturated heterocycles. The minimum Gasteiger partial charge on any atom is -0.482 e. The van der Waals surface area contributed by atoms with Gasteiger partial charge in [0.1, 0.15) is 10.8 Å². The Kier molecular flexibility index (Phi) is 6.06. The van der Waals surface area contributed by atoms with Crippen molar-refractivity contribution in [3.63, 3.8) is 0 Å². The number of benzene rings is 1. The summed E-state index contributed by atoms with van der Waals surface area (Å²) in [6, 6.07) is 8.02. The molecule has 0 spiro atoms. The fraction of sp³-hybridized carbons (Fsp3) is 0.143. The van der Waals surface area contributed by atoms with Crippen molar-refractivity contribution in [2.75, 3.05) is 6.61 Å². The van der Waals surface area contributed by atoms with Gasteiger partial charge in [0, 0.05) is 4.88 Å². The third-order valence-corrected chi connectivity index (χ3v) is 4.21. The van der Waals surface area contributed by atoms with E-state index >= 15 is 0 Å². The van der Waals surface area contributed by atoms with Crippen LogP contribution in [-0.4, -0.2) is 18.5 Å². The van der Waals surface area contributed by atoms with Crippen molar-refractivity contribution in [2.45, 2.75) is 6.54 Å². The molecule has 3 amide bonds. The van der Waals surface area contributed by atoms with E-state index in [4.69, 9.17) is 27.9 Å². The zero-order valence-electron chi connectivity index (χ0n) is 11.3. The van der Waals surface area contributed by atoms with Gasteiger partial charge in [-0.25, -0.2) is 4.79 Å². The highest BCUT2D eigenvalue weighted by Gasteiger charge is 2.11. The smallest absolute Gasteiger partial charge is 0.321 e. The minimum absolute atomic E-state index is 0.221. The van der Waals surface area contributed by atoms with E-state index in [9.17, 15) is 9.59 Å². The van der Waals surface area contributed by atoms with Gasteiger partial charge in [-0.15, -0.1) is 11.3 Å². The van der Waals surface area contributed by atoms with Crippen molar-refractivity contribution in [3.05, 3.63) is 50.6 Å². The number of amides is 3. The van der Waals surface area contributed by atoms with Crippen LogP contribution in [0.15, 0.2) is 35.7 Å². The number of urea groups is 1. The van der Waals surface area contributed by atoms with Crippen LogP contribution < -0.4 is 15.4 Å². The average Bonchev–Trinajstić information content (AvgIpc) is 3.00. The number of hydrogen-bond donors (Lipinski definition) is 2. The van der Waals surface area contributed by atoms with Gasteiger partial charge in [-0.3, -0.25) is 10.1 Å². The van der Waals surface area contributed by atoms with E-state index < -0.39 is 11.9 Å². The second kappa shape index (κ2) is 8.03. The monoisotopic (exact) mass is 358 g/mol. The lowest BCUT2D eigenvalue weighted by Crippen LogP contribution is -2.41. The summed E-state index contributed by atoms with van der Waals surface area (Å²) in [6.45, 7) is 0.0181. The van der Waals surface area contributed by atoms with Gasteiger partial charge < -0.3 is 10.1 Å². The lowest BCUT2D eigenvalue weighted by atomic mass is 10.3. The molecule has 2 rings (SSSR count). The van der Waals surface area contributed by atoms with Crippen molar-refractivity contribution in [3.8, 4) is 5.75 Å². The summed E-state index contributed by atoms with van der Waals surface area (Å²) in [5.74, 6) is -0.303. The van der Waals surface area contributed by atoms with Crippen molar-refractivity contribution in [1.29, 1.82) is 0 Å². The normalized spacial score (nSPS) is 10.1. The molecule has 2 aromatic rings. The van der Waals surface area contributed by atoms with Crippen molar-refractivity contribution >= 4 is 46.5 Å². The molecule has 8 heteroatoms. The molecule has 0 saturated carbocycles. The van der Waals surface area contributed by atoms with Crippen molar-refractivity contribution in [2.24, 2.45) is 0 Å². The minimum atomic E-state index is -0.584. The second-order valence-electron chi connectivity index (χ2n) is 4.15. The number of rotatable bonds is 5. The number of nitrogens with one attached hydrogen (secondary N) is 2. The van der Waals surface area contributed by atoms with Gasteiger partial charge in [0.25, 0.3) is 5.91 Å². The molecule has 0 atom stereocenters. The third-order valence-electron chi connectivity index (χ3n) is 2.53. The molecule has 0 bridgehead atoms. The van der Waals surface area contributed by atoms with E-state index in [-0.39, 0.29) is 17.4 Å². The quantitative estimate of drug-likeness (QED) is 0.859. The van der Waals surface area contributed by atoms with Crippen LogP contribution in [0.4, 0.5) is 4.79 Å². The summed E-state index contributed by atoms with van der Waals surface area (Å²) in [7, 11) is 0. The largest absolute Gasteiger partial charge is 0.482 e. The molecular weight excluding hydrogens is 347 g/mol. The van der Waals surface area contributed by atoms with Crippen LogP contribution in [0.2, 0.25) is 10.0 Å². The number of ether oxygens (including phenoxy) is 1. The maximum atomic E-state index is 11.6. The molecule has 1 aromatic carbocycles. The predicted octanol–water partition coefficient (Wildman–Crippen LogP) is 3.46. The molecule has 22 heavy (non-hydrogen) atoms. The Bertz CT molecular complexity index is 662. The van der Waals surface area contributed by atoms with Crippen LogP contribution in [0.3, 0.4) is 0 Å². The van der Waals surface area contributed by atoms with Crippen LogP contribution in [0.25, 0.3) is 0 Å². The summed E-state index contributed by atoms with van der Waals surface area (Å²) in [5, 5.41) is 7.19. The van der Waals surface area contributed by atoms with Gasteiger partial charge in [0.2, 0.25) is 0 Å². The second-order valence-corrected chi connectivity index (χ2v) is 5.97. The predicted molar refractivity (Wildman–Crippen MR) is 86.7 cm³/mol. The zero-order valence-corrected chi connectivity index (χ0v) is 13.6. The van der Waals surface area contributed by atoms with Crippen LogP contribution in [-0.2, 0) is 11.3 Å². The van der Waals surface area contributed by atoms with E-state index in [1.54, 1.807) is 18.2 Å². The summed E-state index contributed by atoms with van der Waals surface area (Å²) >= 11 is 13.3. The number of carbonyl (C=O) groups is 2. The Labute approximate surface area is 141 Å².